The minimum absolute atomic E-state index is 0.111. The normalized spacial score (nSPS) is 14.2. The van der Waals surface area contributed by atoms with Crippen molar-refractivity contribution in [1.29, 1.82) is 0 Å². The maximum absolute atomic E-state index is 5.27. The van der Waals surface area contributed by atoms with Crippen molar-refractivity contribution in [2.75, 3.05) is 4.90 Å². The maximum Gasteiger partial charge on any atom is 0.0730 e. The van der Waals surface area contributed by atoms with Gasteiger partial charge in [-0.3, -0.25) is 0 Å². The first-order chi connectivity index (χ1) is 25.1. The molecule has 0 radical (unpaired) electrons. The minimum Gasteiger partial charge on any atom is -0.310 e. The molecule has 248 valence electrons. The summed E-state index contributed by atoms with van der Waals surface area (Å²) in [5.41, 5.74) is 18.6. The Bertz CT molecular complexity index is 2300. The fraction of sp³-hybridized carbons (Fsp3) is 0.163. The first-order valence-corrected chi connectivity index (χ1v) is 18.4. The van der Waals surface area contributed by atoms with Gasteiger partial charge in [-0.15, -0.1) is 0 Å². The third kappa shape index (κ3) is 5.47. The van der Waals surface area contributed by atoms with E-state index in [0.717, 1.165) is 46.7 Å². The molecule has 51 heavy (non-hydrogen) atoms. The molecule has 1 heterocycles. The van der Waals surface area contributed by atoms with Crippen molar-refractivity contribution < 1.29 is 0 Å². The highest BCUT2D eigenvalue weighted by Gasteiger charge is 2.39. The number of rotatable bonds is 6. The van der Waals surface area contributed by atoms with E-state index in [1.807, 2.05) is 0 Å². The lowest BCUT2D eigenvalue weighted by molar-refractivity contribution is 0.660. The van der Waals surface area contributed by atoms with Gasteiger partial charge in [-0.05, 0) is 95.0 Å². The molecule has 7 aromatic rings. The third-order valence-corrected chi connectivity index (χ3v) is 11.1. The number of hydrogen-bond donors (Lipinski definition) is 0. The van der Waals surface area contributed by atoms with Crippen LogP contribution in [0, 0.1) is 0 Å². The van der Waals surface area contributed by atoms with E-state index >= 15 is 0 Å². The second kappa shape index (κ2) is 12.9. The van der Waals surface area contributed by atoms with Gasteiger partial charge in [-0.2, -0.15) is 0 Å². The Balaban J connectivity index is 1.39. The molecular weight excluding hydrogens is 617 g/mol. The number of para-hydroxylation sites is 1. The van der Waals surface area contributed by atoms with Crippen molar-refractivity contribution in [2.45, 2.75) is 51.4 Å². The van der Waals surface area contributed by atoms with Gasteiger partial charge in [0.1, 0.15) is 0 Å². The standard InChI is InChI=1S/C49H42N2/c1-49(2)42-29-16-15-27-41(42)47-43(49)30-31-46(48(47)40-28-17-23-34-18-7-5-14-26-39(34)40)51(37-24-12-6-13-25-37)38-32-44(35-19-8-3-9-20-35)50-45(33-38)36-21-10-4-11-22-36/h3-4,6,8-13,15-17,19-25,27-33H,5,7,14,18,26H2,1-2H3. The lowest BCUT2D eigenvalue weighted by atomic mass is 9.81. The van der Waals surface area contributed by atoms with E-state index in [9.17, 15) is 0 Å². The molecule has 0 fully saturated rings. The largest absolute Gasteiger partial charge is 0.310 e. The van der Waals surface area contributed by atoms with Gasteiger partial charge in [0.15, 0.2) is 0 Å². The summed E-state index contributed by atoms with van der Waals surface area (Å²) in [6.07, 6.45) is 6.01. The third-order valence-electron chi connectivity index (χ3n) is 11.1. The quantitative estimate of drug-likeness (QED) is 0.165. The molecule has 9 rings (SSSR count). The molecule has 2 aliphatic carbocycles. The molecule has 2 aliphatic rings. The van der Waals surface area contributed by atoms with Crippen LogP contribution in [0.3, 0.4) is 0 Å². The van der Waals surface area contributed by atoms with E-state index in [0.29, 0.717) is 0 Å². The van der Waals surface area contributed by atoms with E-state index < -0.39 is 0 Å². The van der Waals surface area contributed by atoms with Gasteiger partial charge in [0.2, 0.25) is 0 Å². The number of benzene rings is 6. The maximum atomic E-state index is 5.27. The highest BCUT2D eigenvalue weighted by atomic mass is 15.1. The molecule has 0 amide bonds. The van der Waals surface area contributed by atoms with Crippen LogP contribution >= 0.6 is 0 Å². The SMILES string of the molecule is CC1(C)c2ccccc2-c2c1ccc(N(c1ccccc1)c1cc(-c3ccccc3)nc(-c3ccccc3)c1)c2-c1cccc2c1CCCCC2. The van der Waals surface area contributed by atoms with Crippen LogP contribution in [0.25, 0.3) is 44.8 Å². The van der Waals surface area contributed by atoms with E-state index in [1.54, 1.807) is 0 Å². The predicted octanol–water partition coefficient (Wildman–Crippen LogP) is 13.1. The van der Waals surface area contributed by atoms with Gasteiger partial charge in [-0.1, -0.05) is 148 Å². The molecule has 2 heteroatoms. The summed E-state index contributed by atoms with van der Waals surface area (Å²) in [7, 11) is 0. The highest BCUT2D eigenvalue weighted by molar-refractivity contribution is 6.02. The summed E-state index contributed by atoms with van der Waals surface area (Å²) in [4.78, 5) is 7.76. The molecular formula is C49H42N2. The summed E-state index contributed by atoms with van der Waals surface area (Å²) < 4.78 is 0. The number of hydrogen-bond acceptors (Lipinski definition) is 2. The van der Waals surface area contributed by atoms with Gasteiger partial charge in [0, 0.05) is 27.8 Å². The van der Waals surface area contributed by atoms with Crippen LogP contribution in [0.15, 0.2) is 158 Å². The molecule has 0 aliphatic heterocycles. The summed E-state index contributed by atoms with van der Waals surface area (Å²) in [6.45, 7) is 4.78. The lowest BCUT2D eigenvalue weighted by Crippen LogP contribution is -2.16. The molecule has 0 saturated heterocycles. The Hall–Kier alpha value is -5.73. The highest BCUT2D eigenvalue weighted by Crippen LogP contribution is 2.56. The average Bonchev–Trinajstić information content (AvgIpc) is 3.30. The second-order valence-electron chi connectivity index (χ2n) is 14.6. The Morgan fingerprint density at radius 2 is 1.10 bits per heavy atom. The number of fused-ring (bicyclic) bond motifs is 4. The molecule has 6 aromatic carbocycles. The van der Waals surface area contributed by atoms with E-state index in [4.69, 9.17) is 4.98 Å². The number of aromatic nitrogens is 1. The Morgan fingerprint density at radius 3 is 1.80 bits per heavy atom. The molecule has 0 N–H and O–H groups in total. The van der Waals surface area contributed by atoms with Crippen molar-refractivity contribution in [3.8, 4) is 44.8 Å². The van der Waals surface area contributed by atoms with Crippen molar-refractivity contribution in [3.63, 3.8) is 0 Å². The first kappa shape index (κ1) is 31.3. The zero-order chi connectivity index (χ0) is 34.4. The molecule has 2 nitrogen and oxygen atoms in total. The number of pyridine rings is 1. The van der Waals surface area contributed by atoms with Gasteiger partial charge in [0.25, 0.3) is 0 Å². The Kier molecular flexibility index (Phi) is 7.89. The van der Waals surface area contributed by atoms with Crippen LogP contribution in [0.4, 0.5) is 17.1 Å². The van der Waals surface area contributed by atoms with Crippen molar-refractivity contribution in [3.05, 3.63) is 180 Å². The number of aryl methyl sites for hydroxylation is 1. The monoisotopic (exact) mass is 658 g/mol. The van der Waals surface area contributed by atoms with Crippen molar-refractivity contribution >= 4 is 17.1 Å². The summed E-state index contributed by atoms with van der Waals surface area (Å²) in [5.74, 6) is 0. The zero-order valence-electron chi connectivity index (χ0n) is 29.4. The summed E-state index contributed by atoms with van der Waals surface area (Å²) in [5, 5.41) is 0. The van der Waals surface area contributed by atoms with E-state index in [-0.39, 0.29) is 5.41 Å². The summed E-state index contributed by atoms with van der Waals surface area (Å²) >= 11 is 0. The van der Waals surface area contributed by atoms with Crippen LogP contribution in [-0.4, -0.2) is 4.98 Å². The average molecular weight is 659 g/mol. The Labute approximate surface area is 302 Å². The van der Waals surface area contributed by atoms with Gasteiger partial charge >= 0.3 is 0 Å². The Morgan fingerprint density at radius 1 is 0.490 bits per heavy atom. The van der Waals surface area contributed by atoms with Crippen LogP contribution in [0.1, 0.15) is 55.4 Å². The van der Waals surface area contributed by atoms with E-state index in [1.165, 1.54) is 69.5 Å². The molecule has 1 aromatic heterocycles. The van der Waals surface area contributed by atoms with Gasteiger partial charge < -0.3 is 4.90 Å². The molecule has 0 spiro atoms. The van der Waals surface area contributed by atoms with Crippen LogP contribution in [0.2, 0.25) is 0 Å². The van der Waals surface area contributed by atoms with Gasteiger partial charge in [-0.25, -0.2) is 4.98 Å². The van der Waals surface area contributed by atoms with Crippen LogP contribution in [0.5, 0.6) is 0 Å². The first-order valence-electron chi connectivity index (χ1n) is 18.4. The fourth-order valence-electron chi connectivity index (χ4n) is 8.60. The summed E-state index contributed by atoms with van der Waals surface area (Å²) in [6, 6.07) is 57.6. The molecule has 0 bridgehead atoms. The smallest absolute Gasteiger partial charge is 0.0730 e. The fourth-order valence-corrected chi connectivity index (χ4v) is 8.60. The van der Waals surface area contributed by atoms with E-state index in [2.05, 4.69) is 176 Å². The van der Waals surface area contributed by atoms with Crippen LogP contribution < -0.4 is 4.90 Å². The lowest BCUT2D eigenvalue weighted by Gasteiger charge is -2.31. The van der Waals surface area contributed by atoms with Crippen LogP contribution in [-0.2, 0) is 18.3 Å². The van der Waals surface area contributed by atoms with Crippen molar-refractivity contribution in [1.82, 2.24) is 4.98 Å². The molecule has 0 saturated carbocycles. The zero-order valence-corrected chi connectivity index (χ0v) is 29.4. The molecule has 0 unspecified atom stereocenters. The topological polar surface area (TPSA) is 16.1 Å². The predicted molar refractivity (Wildman–Crippen MR) is 214 cm³/mol. The van der Waals surface area contributed by atoms with Gasteiger partial charge in [0.05, 0.1) is 22.8 Å². The second-order valence-corrected chi connectivity index (χ2v) is 14.6. The minimum atomic E-state index is -0.111. The number of nitrogens with zero attached hydrogens (tertiary/aromatic N) is 2. The number of anilines is 3. The molecule has 0 atom stereocenters. The van der Waals surface area contributed by atoms with Crippen molar-refractivity contribution in [2.24, 2.45) is 0 Å².